The Morgan fingerprint density at radius 2 is 1.82 bits per heavy atom. The fourth-order valence-electron chi connectivity index (χ4n) is 2.28. The van der Waals surface area contributed by atoms with Gasteiger partial charge in [-0.05, 0) is 49.7 Å². The number of hydrogen-bond donors (Lipinski definition) is 2. The molecule has 1 aromatic heterocycles. The van der Waals surface area contributed by atoms with Crippen LogP contribution in [0, 0.1) is 0 Å². The lowest BCUT2D eigenvalue weighted by atomic mass is 10.2. The lowest BCUT2D eigenvalue weighted by Crippen LogP contribution is -2.38. The van der Waals surface area contributed by atoms with Crippen molar-refractivity contribution in [2.45, 2.75) is 20.4 Å². The zero-order chi connectivity index (χ0) is 19.3. The normalized spacial score (nSPS) is 10.8. The van der Waals surface area contributed by atoms with Crippen molar-refractivity contribution in [2.24, 2.45) is 4.99 Å². The van der Waals surface area contributed by atoms with Crippen LogP contribution in [-0.2, 0) is 11.3 Å². The maximum atomic E-state index is 5.82. The molecule has 0 fully saturated rings. The summed E-state index contributed by atoms with van der Waals surface area (Å²) >= 11 is 0. The molecule has 0 aliphatic heterocycles. The highest BCUT2D eigenvalue weighted by atomic mass is 127. The quantitative estimate of drug-likeness (QED) is 0.225. The fraction of sp³-hybridized carbons (Fsp3) is 0.400. The Morgan fingerprint density at radius 3 is 2.50 bits per heavy atom. The molecule has 0 aliphatic carbocycles. The standard InChI is InChI=1S/C20H28N4O3.HI/c1-4-21-20(23-12-13-25-3)24-15-16-10-11-22-19(14-16)27-18-8-6-17(7-9-18)26-5-2;/h6-11,14H,4-5,12-13,15H2,1-3H3,(H2,21,23,24);1H. The number of halogens is 1. The van der Waals surface area contributed by atoms with Gasteiger partial charge in [0.2, 0.25) is 5.88 Å². The number of pyridine rings is 1. The van der Waals surface area contributed by atoms with E-state index >= 15 is 0 Å². The molecular formula is C20H29IN4O3. The van der Waals surface area contributed by atoms with Crippen LogP contribution in [0.1, 0.15) is 19.4 Å². The van der Waals surface area contributed by atoms with Gasteiger partial charge in [-0.2, -0.15) is 0 Å². The molecule has 7 nitrogen and oxygen atoms in total. The topological polar surface area (TPSA) is 77.0 Å². The largest absolute Gasteiger partial charge is 0.494 e. The highest BCUT2D eigenvalue weighted by Crippen LogP contribution is 2.23. The maximum absolute atomic E-state index is 5.82. The minimum absolute atomic E-state index is 0. The average Bonchev–Trinajstić information content (AvgIpc) is 2.68. The summed E-state index contributed by atoms with van der Waals surface area (Å²) in [6.45, 7) is 7.26. The van der Waals surface area contributed by atoms with Crippen LogP contribution in [0.2, 0.25) is 0 Å². The van der Waals surface area contributed by atoms with Gasteiger partial charge in [0, 0.05) is 32.5 Å². The lowest BCUT2D eigenvalue weighted by molar-refractivity contribution is 0.203. The van der Waals surface area contributed by atoms with Gasteiger partial charge in [0.05, 0.1) is 19.8 Å². The summed E-state index contributed by atoms with van der Waals surface area (Å²) in [5.74, 6) is 2.81. The van der Waals surface area contributed by atoms with E-state index in [-0.39, 0.29) is 24.0 Å². The predicted octanol–water partition coefficient (Wildman–Crippen LogP) is 3.59. The second kappa shape index (κ2) is 14.0. The number of methoxy groups -OCH3 is 1. The Bertz CT molecular complexity index is 711. The Hall–Kier alpha value is -2.07. The lowest BCUT2D eigenvalue weighted by Gasteiger charge is -2.11. The minimum atomic E-state index is 0. The molecule has 0 saturated heterocycles. The number of aliphatic imine (C=N–C) groups is 1. The molecule has 1 heterocycles. The van der Waals surface area contributed by atoms with Gasteiger partial charge in [-0.25, -0.2) is 9.98 Å². The van der Waals surface area contributed by atoms with E-state index in [1.54, 1.807) is 13.3 Å². The molecule has 0 amide bonds. The molecule has 28 heavy (non-hydrogen) atoms. The zero-order valence-electron chi connectivity index (χ0n) is 16.6. The molecule has 0 saturated carbocycles. The van der Waals surface area contributed by atoms with E-state index in [0.717, 1.165) is 23.8 Å². The molecular weight excluding hydrogens is 471 g/mol. The van der Waals surface area contributed by atoms with Crippen LogP contribution in [0.4, 0.5) is 0 Å². The molecule has 0 radical (unpaired) electrons. The van der Waals surface area contributed by atoms with E-state index in [2.05, 4.69) is 20.6 Å². The number of guanidine groups is 1. The van der Waals surface area contributed by atoms with Crippen LogP contribution in [0.25, 0.3) is 0 Å². The van der Waals surface area contributed by atoms with Crippen molar-refractivity contribution in [1.82, 2.24) is 15.6 Å². The number of nitrogens with one attached hydrogen (secondary N) is 2. The van der Waals surface area contributed by atoms with Gasteiger partial charge in [0.15, 0.2) is 5.96 Å². The molecule has 0 unspecified atom stereocenters. The van der Waals surface area contributed by atoms with Gasteiger partial charge in [-0.1, -0.05) is 0 Å². The molecule has 1 aromatic carbocycles. The van der Waals surface area contributed by atoms with Crippen molar-refractivity contribution in [3.8, 4) is 17.4 Å². The Labute approximate surface area is 183 Å². The average molecular weight is 500 g/mol. The van der Waals surface area contributed by atoms with E-state index < -0.39 is 0 Å². The number of nitrogens with zero attached hydrogens (tertiary/aromatic N) is 2. The van der Waals surface area contributed by atoms with Crippen LogP contribution in [0.5, 0.6) is 17.4 Å². The van der Waals surface area contributed by atoms with Crippen molar-refractivity contribution < 1.29 is 14.2 Å². The maximum Gasteiger partial charge on any atom is 0.219 e. The van der Waals surface area contributed by atoms with Crippen LogP contribution < -0.4 is 20.1 Å². The van der Waals surface area contributed by atoms with Gasteiger partial charge in [0.25, 0.3) is 0 Å². The highest BCUT2D eigenvalue weighted by molar-refractivity contribution is 14.0. The monoisotopic (exact) mass is 500 g/mol. The summed E-state index contributed by atoms with van der Waals surface area (Å²) in [4.78, 5) is 8.84. The van der Waals surface area contributed by atoms with E-state index in [1.165, 1.54) is 0 Å². The number of benzene rings is 1. The fourth-order valence-corrected chi connectivity index (χ4v) is 2.28. The van der Waals surface area contributed by atoms with E-state index in [9.17, 15) is 0 Å². The van der Waals surface area contributed by atoms with Crippen molar-refractivity contribution in [1.29, 1.82) is 0 Å². The number of aromatic nitrogens is 1. The number of rotatable bonds is 10. The Balaban J connectivity index is 0.00000392. The van der Waals surface area contributed by atoms with Crippen LogP contribution in [-0.4, -0.2) is 44.4 Å². The van der Waals surface area contributed by atoms with E-state index in [4.69, 9.17) is 14.2 Å². The summed E-state index contributed by atoms with van der Waals surface area (Å²) in [5, 5.41) is 6.42. The molecule has 8 heteroatoms. The first-order chi connectivity index (χ1) is 13.2. The second-order valence-corrected chi connectivity index (χ2v) is 5.62. The Morgan fingerprint density at radius 1 is 1.07 bits per heavy atom. The summed E-state index contributed by atoms with van der Waals surface area (Å²) < 4.78 is 16.3. The number of hydrogen-bond acceptors (Lipinski definition) is 5. The molecule has 2 N–H and O–H groups in total. The molecule has 0 spiro atoms. The third-order valence-corrected chi connectivity index (χ3v) is 3.52. The minimum Gasteiger partial charge on any atom is -0.494 e. The van der Waals surface area contributed by atoms with E-state index in [0.29, 0.717) is 37.9 Å². The molecule has 0 aliphatic rings. The predicted molar refractivity (Wildman–Crippen MR) is 122 cm³/mol. The summed E-state index contributed by atoms with van der Waals surface area (Å²) in [5.41, 5.74) is 1.01. The first-order valence-corrected chi connectivity index (χ1v) is 9.12. The smallest absolute Gasteiger partial charge is 0.219 e. The van der Waals surface area contributed by atoms with Crippen molar-refractivity contribution >= 4 is 29.9 Å². The molecule has 154 valence electrons. The highest BCUT2D eigenvalue weighted by Gasteiger charge is 2.03. The van der Waals surface area contributed by atoms with Crippen LogP contribution in [0.3, 0.4) is 0 Å². The van der Waals surface area contributed by atoms with Gasteiger partial charge in [-0.3, -0.25) is 0 Å². The summed E-state index contributed by atoms with van der Waals surface area (Å²) in [6, 6.07) is 11.3. The molecule has 2 aromatic rings. The van der Waals surface area contributed by atoms with Crippen LogP contribution >= 0.6 is 24.0 Å². The summed E-state index contributed by atoms with van der Waals surface area (Å²) in [7, 11) is 1.68. The van der Waals surface area contributed by atoms with Gasteiger partial charge >= 0.3 is 0 Å². The molecule has 0 bridgehead atoms. The van der Waals surface area contributed by atoms with Crippen molar-refractivity contribution in [2.75, 3.05) is 33.4 Å². The number of ether oxygens (including phenoxy) is 3. The van der Waals surface area contributed by atoms with Gasteiger partial charge in [0.1, 0.15) is 11.5 Å². The van der Waals surface area contributed by atoms with E-state index in [1.807, 2.05) is 50.2 Å². The third kappa shape index (κ3) is 8.75. The first-order valence-electron chi connectivity index (χ1n) is 9.12. The van der Waals surface area contributed by atoms with Crippen molar-refractivity contribution in [3.05, 3.63) is 48.2 Å². The summed E-state index contributed by atoms with van der Waals surface area (Å²) in [6.07, 6.45) is 1.72. The van der Waals surface area contributed by atoms with Gasteiger partial charge < -0.3 is 24.8 Å². The van der Waals surface area contributed by atoms with Gasteiger partial charge in [-0.15, -0.1) is 24.0 Å². The molecule has 0 atom stereocenters. The third-order valence-electron chi connectivity index (χ3n) is 3.52. The van der Waals surface area contributed by atoms with Crippen molar-refractivity contribution in [3.63, 3.8) is 0 Å². The SMILES string of the molecule is CCNC(=NCc1ccnc(Oc2ccc(OCC)cc2)c1)NCCOC.I. The molecule has 2 rings (SSSR count). The Kier molecular flexibility index (Phi) is 12.0. The van der Waals surface area contributed by atoms with Crippen LogP contribution in [0.15, 0.2) is 47.6 Å². The second-order valence-electron chi connectivity index (χ2n) is 5.62. The zero-order valence-corrected chi connectivity index (χ0v) is 18.9. The first kappa shape index (κ1) is 24.0.